The number of hydrogen-bond donors (Lipinski definition) is 1. The van der Waals surface area contributed by atoms with Gasteiger partial charge in [-0.3, -0.25) is 4.79 Å². The Hall–Kier alpha value is -2.34. The first-order valence-electron chi connectivity index (χ1n) is 8.87. The van der Waals surface area contributed by atoms with Gasteiger partial charge in [-0.2, -0.15) is 11.8 Å². The molecule has 0 unspecified atom stereocenters. The third-order valence-corrected chi connectivity index (χ3v) is 5.52. The van der Waals surface area contributed by atoms with E-state index in [2.05, 4.69) is 34.5 Å². The van der Waals surface area contributed by atoms with Gasteiger partial charge < -0.3 is 19.7 Å². The predicted octanol–water partition coefficient (Wildman–Crippen LogP) is 2.70. The molecule has 0 aromatic heterocycles. The fourth-order valence-electron chi connectivity index (χ4n) is 3.10. The van der Waals surface area contributed by atoms with Crippen LogP contribution in [0, 0.1) is 0 Å². The van der Waals surface area contributed by atoms with Gasteiger partial charge in [-0.15, -0.1) is 0 Å². The van der Waals surface area contributed by atoms with Crippen molar-refractivity contribution in [2.75, 3.05) is 36.1 Å². The van der Waals surface area contributed by atoms with E-state index >= 15 is 0 Å². The summed E-state index contributed by atoms with van der Waals surface area (Å²) in [6.07, 6.45) is -0.616. The van der Waals surface area contributed by atoms with Crippen LogP contribution in [0.3, 0.4) is 0 Å². The number of amides is 1. The molecule has 2 aliphatic rings. The van der Waals surface area contributed by atoms with Crippen molar-refractivity contribution in [1.29, 1.82) is 0 Å². The van der Waals surface area contributed by atoms with Crippen LogP contribution in [0.15, 0.2) is 48.5 Å². The van der Waals surface area contributed by atoms with Gasteiger partial charge >= 0.3 is 0 Å². The Morgan fingerprint density at radius 3 is 2.58 bits per heavy atom. The molecule has 1 atom stereocenters. The molecular weight excluding hydrogens is 348 g/mol. The van der Waals surface area contributed by atoms with Gasteiger partial charge in [-0.1, -0.05) is 24.3 Å². The number of benzene rings is 2. The Bertz CT molecular complexity index is 760. The number of ether oxygens (including phenoxy) is 2. The van der Waals surface area contributed by atoms with Gasteiger partial charge in [0.25, 0.3) is 5.91 Å². The number of rotatable bonds is 4. The Morgan fingerprint density at radius 2 is 1.81 bits per heavy atom. The Kier molecular flexibility index (Phi) is 5.20. The summed E-state index contributed by atoms with van der Waals surface area (Å²) < 4.78 is 11.3. The van der Waals surface area contributed by atoms with Gasteiger partial charge in [-0.25, -0.2) is 0 Å². The second-order valence-electron chi connectivity index (χ2n) is 6.35. The highest BCUT2D eigenvalue weighted by Crippen LogP contribution is 2.30. The maximum atomic E-state index is 12.4. The third kappa shape index (κ3) is 3.90. The van der Waals surface area contributed by atoms with Crippen molar-refractivity contribution < 1.29 is 14.3 Å². The molecule has 26 heavy (non-hydrogen) atoms. The number of para-hydroxylation sites is 2. The van der Waals surface area contributed by atoms with Crippen molar-refractivity contribution in [2.45, 2.75) is 12.6 Å². The first-order valence-corrected chi connectivity index (χ1v) is 10.0. The molecule has 1 N–H and O–H groups in total. The zero-order chi connectivity index (χ0) is 17.8. The lowest BCUT2D eigenvalue weighted by atomic mass is 10.2. The zero-order valence-electron chi connectivity index (χ0n) is 14.5. The number of hydrogen-bond acceptors (Lipinski definition) is 5. The molecule has 2 aliphatic heterocycles. The van der Waals surface area contributed by atoms with E-state index in [1.807, 2.05) is 36.0 Å². The summed E-state index contributed by atoms with van der Waals surface area (Å²) in [6.45, 7) is 2.91. The van der Waals surface area contributed by atoms with Crippen LogP contribution in [0.5, 0.6) is 11.5 Å². The standard InChI is InChI=1S/C20H22N2O3S/c23-20(19-14-24-17-3-1-2-4-18(17)25-19)21-13-15-5-7-16(8-6-15)22-9-11-26-12-10-22/h1-8,19H,9-14H2,(H,21,23)/t19-/m0/s1. The zero-order valence-corrected chi connectivity index (χ0v) is 15.3. The minimum absolute atomic E-state index is 0.156. The van der Waals surface area contributed by atoms with E-state index in [0.717, 1.165) is 18.7 Å². The fraction of sp³-hybridized carbons (Fsp3) is 0.350. The van der Waals surface area contributed by atoms with Gasteiger partial charge in [0, 0.05) is 36.8 Å². The fourth-order valence-corrected chi connectivity index (χ4v) is 4.00. The molecule has 0 aliphatic carbocycles. The second-order valence-corrected chi connectivity index (χ2v) is 7.57. The van der Waals surface area contributed by atoms with Crippen molar-refractivity contribution in [3.8, 4) is 11.5 Å². The van der Waals surface area contributed by atoms with E-state index in [-0.39, 0.29) is 12.5 Å². The monoisotopic (exact) mass is 370 g/mol. The minimum Gasteiger partial charge on any atom is -0.485 e. The maximum absolute atomic E-state index is 12.4. The summed E-state index contributed by atoms with van der Waals surface area (Å²) in [5.41, 5.74) is 2.33. The van der Waals surface area contributed by atoms with Gasteiger partial charge in [0.05, 0.1) is 0 Å². The summed E-state index contributed by atoms with van der Waals surface area (Å²) in [7, 11) is 0. The van der Waals surface area contributed by atoms with Gasteiger partial charge in [0.2, 0.25) is 6.10 Å². The van der Waals surface area contributed by atoms with Crippen LogP contribution in [-0.2, 0) is 11.3 Å². The summed E-state index contributed by atoms with van der Waals surface area (Å²) in [5.74, 6) is 3.51. The molecule has 2 aromatic carbocycles. The molecule has 1 saturated heterocycles. The van der Waals surface area contributed by atoms with E-state index in [4.69, 9.17) is 9.47 Å². The minimum atomic E-state index is -0.616. The Labute approximate surface area is 157 Å². The second kappa shape index (κ2) is 7.91. The molecule has 0 bridgehead atoms. The van der Waals surface area contributed by atoms with Crippen LogP contribution in [0.25, 0.3) is 0 Å². The quantitative estimate of drug-likeness (QED) is 0.897. The van der Waals surface area contributed by atoms with Crippen LogP contribution in [0.2, 0.25) is 0 Å². The molecule has 1 fully saturated rings. The average molecular weight is 370 g/mol. The smallest absolute Gasteiger partial charge is 0.264 e. The van der Waals surface area contributed by atoms with Crippen LogP contribution in [-0.4, -0.2) is 43.2 Å². The number of anilines is 1. The first-order chi connectivity index (χ1) is 12.8. The summed E-state index contributed by atoms with van der Waals surface area (Å²) in [5, 5.41) is 2.94. The number of thioether (sulfide) groups is 1. The molecule has 2 heterocycles. The Balaban J connectivity index is 1.30. The topological polar surface area (TPSA) is 50.8 Å². The third-order valence-electron chi connectivity index (χ3n) is 4.58. The van der Waals surface area contributed by atoms with Crippen molar-refractivity contribution in [1.82, 2.24) is 5.32 Å². The lowest BCUT2D eigenvalue weighted by molar-refractivity contribution is -0.130. The normalized spacial score (nSPS) is 19.1. The van der Waals surface area contributed by atoms with E-state index in [9.17, 15) is 4.79 Å². The molecule has 6 heteroatoms. The number of carbonyl (C=O) groups is 1. The number of fused-ring (bicyclic) bond motifs is 1. The molecule has 0 spiro atoms. The summed E-state index contributed by atoms with van der Waals surface area (Å²) in [4.78, 5) is 14.8. The molecule has 2 aromatic rings. The van der Waals surface area contributed by atoms with Crippen molar-refractivity contribution in [3.05, 3.63) is 54.1 Å². The largest absolute Gasteiger partial charge is 0.485 e. The van der Waals surface area contributed by atoms with E-state index in [0.29, 0.717) is 18.0 Å². The summed E-state index contributed by atoms with van der Waals surface area (Å²) >= 11 is 2.01. The highest BCUT2D eigenvalue weighted by molar-refractivity contribution is 7.99. The number of carbonyl (C=O) groups excluding carboxylic acids is 1. The molecule has 136 valence electrons. The molecular formula is C20H22N2O3S. The highest BCUT2D eigenvalue weighted by atomic mass is 32.2. The average Bonchev–Trinajstić information content (AvgIpc) is 2.72. The number of nitrogens with zero attached hydrogens (tertiary/aromatic N) is 1. The van der Waals surface area contributed by atoms with E-state index in [1.54, 1.807) is 0 Å². The van der Waals surface area contributed by atoms with Crippen LogP contribution >= 0.6 is 11.8 Å². The van der Waals surface area contributed by atoms with Gasteiger partial charge in [0.1, 0.15) is 6.61 Å². The van der Waals surface area contributed by atoms with E-state index < -0.39 is 6.10 Å². The van der Waals surface area contributed by atoms with Gasteiger partial charge in [-0.05, 0) is 29.8 Å². The van der Waals surface area contributed by atoms with E-state index in [1.165, 1.54) is 17.2 Å². The van der Waals surface area contributed by atoms with Crippen molar-refractivity contribution in [3.63, 3.8) is 0 Å². The lowest BCUT2D eigenvalue weighted by Crippen LogP contribution is -2.43. The van der Waals surface area contributed by atoms with Gasteiger partial charge in [0.15, 0.2) is 11.5 Å². The van der Waals surface area contributed by atoms with Crippen LogP contribution in [0.4, 0.5) is 5.69 Å². The van der Waals surface area contributed by atoms with Crippen LogP contribution < -0.4 is 19.7 Å². The maximum Gasteiger partial charge on any atom is 0.264 e. The Morgan fingerprint density at radius 1 is 1.08 bits per heavy atom. The predicted molar refractivity (Wildman–Crippen MR) is 104 cm³/mol. The summed E-state index contributed by atoms with van der Waals surface area (Å²) in [6, 6.07) is 15.8. The molecule has 5 nitrogen and oxygen atoms in total. The molecule has 0 radical (unpaired) electrons. The first kappa shape index (κ1) is 17.1. The molecule has 4 rings (SSSR count). The van der Waals surface area contributed by atoms with Crippen molar-refractivity contribution in [2.24, 2.45) is 0 Å². The molecule has 1 amide bonds. The lowest BCUT2D eigenvalue weighted by Gasteiger charge is -2.28. The van der Waals surface area contributed by atoms with Crippen molar-refractivity contribution >= 4 is 23.4 Å². The number of nitrogens with one attached hydrogen (secondary N) is 1. The van der Waals surface area contributed by atoms with Crippen LogP contribution in [0.1, 0.15) is 5.56 Å². The molecule has 0 saturated carbocycles. The SMILES string of the molecule is O=C(NCc1ccc(N2CCSCC2)cc1)[C@@H]1COc2ccccc2O1. The highest BCUT2D eigenvalue weighted by Gasteiger charge is 2.26.